The Balaban J connectivity index is 1.80. The van der Waals surface area contributed by atoms with Gasteiger partial charge in [-0.15, -0.1) is 0 Å². The molecule has 2 amide bonds. The highest BCUT2D eigenvalue weighted by molar-refractivity contribution is 6.08. The molecule has 2 N–H and O–H groups in total. The van der Waals surface area contributed by atoms with Crippen LogP contribution in [0.4, 0.5) is 11.4 Å². The van der Waals surface area contributed by atoms with E-state index in [0.717, 1.165) is 5.56 Å². The predicted octanol–water partition coefficient (Wildman–Crippen LogP) is 5.50. The van der Waals surface area contributed by atoms with E-state index in [2.05, 4.69) is 31.4 Å². The van der Waals surface area contributed by atoms with Gasteiger partial charge in [0, 0.05) is 16.8 Å². The van der Waals surface area contributed by atoms with Crippen molar-refractivity contribution in [2.75, 3.05) is 17.7 Å². The standard InChI is InChI=1S/C25H26N2O3/c1-25(2,3)19-13-10-17(11-14-19)23(28)27-21-16-18(12-15-22(21)30-4)24(29)26-20-8-6-5-7-9-20/h5-16H,1-4H3,(H,26,29)(H,27,28). The number of ether oxygens (including phenoxy) is 1. The van der Waals surface area contributed by atoms with Gasteiger partial charge in [-0.1, -0.05) is 51.1 Å². The highest BCUT2D eigenvalue weighted by Crippen LogP contribution is 2.27. The number of rotatable bonds is 5. The summed E-state index contributed by atoms with van der Waals surface area (Å²) in [5, 5.41) is 5.69. The van der Waals surface area contributed by atoms with Gasteiger partial charge in [0.1, 0.15) is 5.75 Å². The number of carbonyl (C=O) groups is 2. The van der Waals surface area contributed by atoms with Gasteiger partial charge in [0.25, 0.3) is 11.8 Å². The van der Waals surface area contributed by atoms with Gasteiger partial charge in [0.05, 0.1) is 12.8 Å². The van der Waals surface area contributed by atoms with Crippen LogP contribution in [-0.2, 0) is 5.41 Å². The van der Waals surface area contributed by atoms with E-state index in [1.165, 1.54) is 7.11 Å². The Kier molecular flexibility index (Phi) is 6.21. The Morgan fingerprint density at radius 3 is 1.97 bits per heavy atom. The van der Waals surface area contributed by atoms with E-state index < -0.39 is 0 Å². The van der Waals surface area contributed by atoms with E-state index in [1.807, 2.05) is 42.5 Å². The predicted molar refractivity (Wildman–Crippen MR) is 120 cm³/mol. The molecule has 5 heteroatoms. The fourth-order valence-corrected chi connectivity index (χ4v) is 2.99. The lowest BCUT2D eigenvalue weighted by molar-refractivity contribution is 0.101. The molecule has 0 heterocycles. The van der Waals surface area contributed by atoms with Crippen molar-refractivity contribution < 1.29 is 14.3 Å². The van der Waals surface area contributed by atoms with Crippen molar-refractivity contribution in [3.63, 3.8) is 0 Å². The first-order chi connectivity index (χ1) is 14.3. The maximum atomic E-state index is 12.7. The number of amides is 2. The van der Waals surface area contributed by atoms with Crippen LogP contribution in [0.25, 0.3) is 0 Å². The van der Waals surface area contributed by atoms with Crippen molar-refractivity contribution in [3.8, 4) is 5.75 Å². The maximum absolute atomic E-state index is 12.7. The van der Waals surface area contributed by atoms with Crippen LogP contribution < -0.4 is 15.4 Å². The largest absolute Gasteiger partial charge is 0.495 e. The minimum Gasteiger partial charge on any atom is -0.495 e. The molecule has 30 heavy (non-hydrogen) atoms. The third-order valence-corrected chi connectivity index (χ3v) is 4.75. The molecule has 0 aliphatic rings. The molecule has 0 spiro atoms. The molecule has 0 saturated carbocycles. The average Bonchev–Trinajstić information content (AvgIpc) is 2.74. The van der Waals surface area contributed by atoms with Crippen molar-refractivity contribution in [3.05, 3.63) is 89.5 Å². The van der Waals surface area contributed by atoms with Gasteiger partial charge < -0.3 is 15.4 Å². The zero-order valence-corrected chi connectivity index (χ0v) is 17.7. The summed E-state index contributed by atoms with van der Waals surface area (Å²) >= 11 is 0. The number of para-hydroxylation sites is 1. The molecule has 0 atom stereocenters. The van der Waals surface area contributed by atoms with E-state index in [0.29, 0.717) is 28.3 Å². The third-order valence-electron chi connectivity index (χ3n) is 4.75. The highest BCUT2D eigenvalue weighted by atomic mass is 16.5. The van der Waals surface area contributed by atoms with E-state index >= 15 is 0 Å². The van der Waals surface area contributed by atoms with Crippen molar-refractivity contribution in [2.45, 2.75) is 26.2 Å². The van der Waals surface area contributed by atoms with Gasteiger partial charge in [0.15, 0.2) is 0 Å². The van der Waals surface area contributed by atoms with Crippen LogP contribution in [0, 0.1) is 0 Å². The molecular formula is C25H26N2O3. The second-order valence-electron chi connectivity index (χ2n) is 8.02. The molecule has 5 nitrogen and oxygen atoms in total. The Morgan fingerprint density at radius 2 is 1.37 bits per heavy atom. The molecule has 0 radical (unpaired) electrons. The molecule has 3 aromatic rings. The summed E-state index contributed by atoms with van der Waals surface area (Å²) in [5.74, 6) is -0.0609. The zero-order chi connectivity index (χ0) is 21.7. The number of anilines is 2. The molecule has 3 aromatic carbocycles. The summed E-state index contributed by atoms with van der Waals surface area (Å²) < 4.78 is 5.35. The van der Waals surface area contributed by atoms with E-state index in [-0.39, 0.29) is 17.2 Å². The van der Waals surface area contributed by atoms with Crippen molar-refractivity contribution in [1.29, 1.82) is 0 Å². The monoisotopic (exact) mass is 402 g/mol. The number of hydrogen-bond donors (Lipinski definition) is 2. The Bertz CT molecular complexity index is 1040. The summed E-state index contributed by atoms with van der Waals surface area (Å²) in [5.41, 5.74) is 3.24. The molecule has 0 aromatic heterocycles. The summed E-state index contributed by atoms with van der Waals surface area (Å²) in [6.07, 6.45) is 0. The smallest absolute Gasteiger partial charge is 0.255 e. The molecule has 0 saturated heterocycles. The van der Waals surface area contributed by atoms with Gasteiger partial charge in [-0.05, 0) is 53.4 Å². The number of benzene rings is 3. The Labute approximate surface area is 177 Å². The fourth-order valence-electron chi connectivity index (χ4n) is 2.99. The SMILES string of the molecule is COc1ccc(C(=O)Nc2ccccc2)cc1NC(=O)c1ccc(C(C)(C)C)cc1. The maximum Gasteiger partial charge on any atom is 0.255 e. The molecule has 0 bridgehead atoms. The first kappa shape index (κ1) is 21.1. The molecule has 154 valence electrons. The summed E-state index contributed by atoms with van der Waals surface area (Å²) in [6.45, 7) is 6.37. The van der Waals surface area contributed by atoms with Crippen LogP contribution in [0.2, 0.25) is 0 Å². The van der Waals surface area contributed by atoms with Crippen LogP contribution in [0.1, 0.15) is 47.1 Å². The lowest BCUT2D eigenvalue weighted by Crippen LogP contribution is -2.16. The molecule has 0 fully saturated rings. The third kappa shape index (κ3) is 5.06. The Morgan fingerprint density at radius 1 is 0.767 bits per heavy atom. The van der Waals surface area contributed by atoms with Crippen molar-refractivity contribution in [1.82, 2.24) is 0 Å². The first-order valence-corrected chi connectivity index (χ1v) is 9.74. The number of methoxy groups -OCH3 is 1. The second-order valence-corrected chi connectivity index (χ2v) is 8.02. The molecule has 0 aliphatic carbocycles. The van der Waals surface area contributed by atoms with Crippen LogP contribution >= 0.6 is 0 Å². The Hall–Kier alpha value is -3.60. The fraction of sp³-hybridized carbons (Fsp3) is 0.200. The molecular weight excluding hydrogens is 376 g/mol. The number of nitrogens with one attached hydrogen (secondary N) is 2. The molecule has 0 unspecified atom stereocenters. The van der Waals surface area contributed by atoms with E-state index in [1.54, 1.807) is 30.3 Å². The summed E-state index contributed by atoms with van der Waals surface area (Å²) in [6, 6.07) is 21.6. The van der Waals surface area contributed by atoms with Gasteiger partial charge in [0.2, 0.25) is 0 Å². The first-order valence-electron chi connectivity index (χ1n) is 9.74. The van der Waals surface area contributed by atoms with Gasteiger partial charge in [-0.3, -0.25) is 9.59 Å². The van der Waals surface area contributed by atoms with E-state index in [4.69, 9.17) is 4.74 Å². The summed E-state index contributed by atoms with van der Waals surface area (Å²) in [7, 11) is 1.52. The molecule has 3 rings (SSSR count). The summed E-state index contributed by atoms with van der Waals surface area (Å²) in [4.78, 5) is 25.3. The quantitative estimate of drug-likeness (QED) is 0.592. The van der Waals surface area contributed by atoms with E-state index in [9.17, 15) is 9.59 Å². The van der Waals surface area contributed by atoms with Crippen molar-refractivity contribution >= 4 is 23.2 Å². The van der Waals surface area contributed by atoms with Gasteiger partial charge >= 0.3 is 0 Å². The highest BCUT2D eigenvalue weighted by Gasteiger charge is 2.16. The van der Waals surface area contributed by atoms with Crippen LogP contribution in [0.5, 0.6) is 5.75 Å². The topological polar surface area (TPSA) is 67.4 Å². The number of hydrogen-bond acceptors (Lipinski definition) is 3. The average molecular weight is 402 g/mol. The van der Waals surface area contributed by atoms with Gasteiger partial charge in [-0.2, -0.15) is 0 Å². The lowest BCUT2D eigenvalue weighted by atomic mass is 9.87. The normalized spacial score (nSPS) is 10.9. The molecule has 0 aliphatic heterocycles. The lowest BCUT2D eigenvalue weighted by Gasteiger charge is -2.19. The minimum atomic E-state index is -0.270. The zero-order valence-electron chi connectivity index (χ0n) is 17.7. The van der Waals surface area contributed by atoms with Crippen LogP contribution in [0.3, 0.4) is 0 Å². The van der Waals surface area contributed by atoms with Gasteiger partial charge in [-0.25, -0.2) is 0 Å². The minimum absolute atomic E-state index is 0.0126. The van der Waals surface area contributed by atoms with Crippen LogP contribution in [-0.4, -0.2) is 18.9 Å². The number of carbonyl (C=O) groups excluding carboxylic acids is 2. The van der Waals surface area contributed by atoms with Crippen LogP contribution in [0.15, 0.2) is 72.8 Å². The van der Waals surface area contributed by atoms with Crippen molar-refractivity contribution in [2.24, 2.45) is 0 Å². The second kappa shape index (κ2) is 8.82.